The number of ether oxygens (including phenoxy) is 2. The number of esters is 1. The molecule has 0 aromatic heterocycles. The van der Waals surface area contributed by atoms with E-state index < -0.39 is 6.10 Å². The number of aliphatic hydroxyl groups is 1. The van der Waals surface area contributed by atoms with Crippen LogP contribution in [-0.4, -0.2) is 37.5 Å². The van der Waals surface area contributed by atoms with Gasteiger partial charge in [-0.1, -0.05) is 0 Å². The summed E-state index contributed by atoms with van der Waals surface area (Å²) in [6.45, 7) is 0.948. The third-order valence-electron chi connectivity index (χ3n) is 2.11. The van der Waals surface area contributed by atoms with Gasteiger partial charge in [0.1, 0.15) is 0 Å². The lowest BCUT2D eigenvalue weighted by molar-refractivity contribution is -0.141. The molecule has 1 rings (SSSR count). The molecule has 1 saturated heterocycles. The molecule has 0 spiro atoms. The zero-order valence-electron chi connectivity index (χ0n) is 7.16. The third-order valence-corrected chi connectivity index (χ3v) is 2.11. The lowest BCUT2D eigenvalue weighted by Crippen LogP contribution is -2.18. The molecule has 12 heavy (non-hydrogen) atoms. The van der Waals surface area contributed by atoms with Gasteiger partial charge in [0.2, 0.25) is 0 Å². The lowest BCUT2D eigenvalue weighted by atomic mass is 10.0. The Kier molecular flexibility index (Phi) is 3.49. The molecule has 0 saturated carbocycles. The van der Waals surface area contributed by atoms with Crippen molar-refractivity contribution in [1.82, 2.24) is 0 Å². The summed E-state index contributed by atoms with van der Waals surface area (Å²) in [5, 5.41) is 9.30. The Morgan fingerprint density at radius 3 is 2.92 bits per heavy atom. The first kappa shape index (κ1) is 9.48. The third kappa shape index (κ3) is 2.46. The minimum absolute atomic E-state index is 0.101. The van der Waals surface area contributed by atoms with Crippen LogP contribution in [0.5, 0.6) is 0 Å². The Labute approximate surface area is 71.5 Å². The van der Waals surface area contributed by atoms with E-state index in [0.717, 1.165) is 0 Å². The molecule has 4 nitrogen and oxygen atoms in total. The van der Waals surface area contributed by atoms with Gasteiger partial charge in [0.25, 0.3) is 0 Å². The summed E-state index contributed by atoms with van der Waals surface area (Å²) in [5.41, 5.74) is 0. The Bertz CT molecular complexity index is 157. The van der Waals surface area contributed by atoms with Crippen LogP contribution in [0.3, 0.4) is 0 Å². The molecule has 0 amide bonds. The summed E-state index contributed by atoms with van der Waals surface area (Å²) in [6, 6.07) is 0. The zero-order chi connectivity index (χ0) is 8.97. The highest BCUT2D eigenvalue weighted by molar-refractivity contribution is 5.69. The SMILES string of the molecule is COC(=O)CCC1COCC1O. The summed E-state index contributed by atoms with van der Waals surface area (Å²) in [4.78, 5) is 10.7. The maximum atomic E-state index is 10.7. The first-order chi connectivity index (χ1) is 5.74. The topological polar surface area (TPSA) is 55.8 Å². The molecular formula is C8H14O4. The molecule has 1 aliphatic heterocycles. The van der Waals surface area contributed by atoms with E-state index in [4.69, 9.17) is 4.74 Å². The van der Waals surface area contributed by atoms with E-state index in [1.165, 1.54) is 7.11 Å². The summed E-state index contributed by atoms with van der Waals surface area (Å²) >= 11 is 0. The first-order valence-electron chi connectivity index (χ1n) is 4.06. The van der Waals surface area contributed by atoms with Crippen LogP contribution in [0.4, 0.5) is 0 Å². The van der Waals surface area contributed by atoms with Crippen LogP contribution in [0.25, 0.3) is 0 Å². The van der Waals surface area contributed by atoms with Gasteiger partial charge >= 0.3 is 5.97 Å². The number of hydrogen-bond acceptors (Lipinski definition) is 4. The minimum atomic E-state index is -0.408. The molecular weight excluding hydrogens is 160 g/mol. The standard InChI is InChI=1S/C8H14O4/c1-11-8(10)3-2-6-4-12-5-7(6)9/h6-7,9H,2-5H2,1H3. The van der Waals surface area contributed by atoms with Crippen molar-refractivity contribution in [3.8, 4) is 0 Å². The predicted molar refractivity (Wildman–Crippen MR) is 41.6 cm³/mol. The smallest absolute Gasteiger partial charge is 0.305 e. The van der Waals surface area contributed by atoms with E-state index in [9.17, 15) is 9.90 Å². The molecule has 0 aromatic rings. The van der Waals surface area contributed by atoms with Crippen molar-refractivity contribution in [2.75, 3.05) is 20.3 Å². The molecule has 2 unspecified atom stereocenters. The number of carbonyl (C=O) groups excluding carboxylic acids is 1. The van der Waals surface area contributed by atoms with Gasteiger partial charge in [-0.05, 0) is 6.42 Å². The van der Waals surface area contributed by atoms with Crippen molar-refractivity contribution in [2.24, 2.45) is 5.92 Å². The number of hydrogen-bond donors (Lipinski definition) is 1. The lowest BCUT2D eigenvalue weighted by Gasteiger charge is -2.10. The summed E-state index contributed by atoms with van der Waals surface area (Å²) in [7, 11) is 1.36. The van der Waals surface area contributed by atoms with Gasteiger partial charge in [0.15, 0.2) is 0 Å². The fourth-order valence-corrected chi connectivity index (χ4v) is 1.27. The molecule has 0 bridgehead atoms. The number of carbonyl (C=O) groups is 1. The average Bonchev–Trinajstić information content (AvgIpc) is 2.47. The highest BCUT2D eigenvalue weighted by Gasteiger charge is 2.26. The Morgan fingerprint density at radius 1 is 1.67 bits per heavy atom. The van der Waals surface area contributed by atoms with Crippen molar-refractivity contribution in [2.45, 2.75) is 18.9 Å². The molecule has 70 valence electrons. The quantitative estimate of drug-likeness (QED) is 0.609. The number of methoxy groups -OCH3 is 1. The van der Waals surface area contributed by atoms with E-state index in [1.807, 2.05) is 0 Å². The molecule has 1 N–H and O–H groups in total. The van der Waals surface area contributed by atoms with Gasteiger partial charge in [-0.25, -0.2) is 0 Å². The van der Waals surface area contributed by atoms with Crippen LogP contribution in [0.15, 0.2) is 0 Å². The molecule has 0 aliphatic carbocycles. The van der Waals surface area contributed by atoms with Crippen LogP contribution in [0.1, 0.15) is 12.8 Å². The zero-order valence-corrected chi connectivity index (χ0v) is 7.16. The van der Waals surface area contributed by atoms with Gasteiger partial charge in [-0.2, -0.15) is 0 Å². The summed E-state index contributed by atoms with van der Waals surface area (Å²) < 4.78 is 9.52. The molecule has 1 aliphatic rings. The van der Waals surface area contributed by atoms with E-state index in [2.05, 4.69) is 4.74 Å². The second-order valence-electron chi connectivity index (χ2n) is 2.98. The second-order valence-corrected chi connectivity index (χ2v) is 2.98. The van der Waals surface area contributed by atoms with Gasteiger partial charge in [0, 0.05) is 12.3 Å². The second kappa shape index (κ2) is 4.42. The van der Waals surface area contributed by atoms with Crippen molar-refractivity contribution < 1.29 is 19.4 Å². The van der Waals surface area contributed by atoms with Crippen molar-refractivity contribution in [3.05, 3.63) is 0 Å². The monoisotopic (exact) mass is 174 g/mol. The van der Waals surface area contributed by atoms with Crippen LogP contribution < -0.4 is 0 Å². The highest BCUT2D eigenvalue weighted by Crippen LogP contribution is 2.18. The maximum Gasteiger partial charge on any atom is 0.305 e. The van der Waals surface area contributed by atoms with Gasteiger partial charge in [-0.3, -0.25) is 4.79 Å². The van der Waals surface area contributed by atoms with E-state index >= 15 is 0 Å². The summed E-state index contributed by atoms with van der Waals surface area (Å²) in [5.74, 6) is -0.127. The van der Waals surface area contributed by atoms with Gasteiger partial charge in [0.05, 0.1) is 26.4 Å². The number of rotatable bonds is 3. The maximum absolute atomic E-state index is 10.7. The van der Waals surface area contributed by atoms with Crippen LogP contribution in [0.2, 0.25) is 0 Å². The minimum Gasteiger partial charge on any atom is -0.469 e. The largest absolute Gasteiger partial charge is 0.469 e. The Morgan fingerprint density at radius 2 is 2.42 bits per heavy atom. The highest BCUT2D eigenvalue weighted by atomic mass is 16.5. The Hall–Kier alpha value is -0.610. The van der Waals surface area contributed by atoms with Crippen LogP contribution >= 0.6 is 0 Å². The van der Waals surface area contributed by atoms with E-state index in [-0.39, 0.29) is 11.9 Å². The molecule has 0 radical (unpaired) electrons. The molecule has 2 atom stereocenters. The number of aliphatic hydroxyl groups excluding tert-OH is 1. The normalized spacial score (nSPS) is 28.8. The Balaban J connectivity index is 2.18. The first-order valence-corrected chi connectivity index (χ1v) is 4.06. The van der Waals surface area contributed by atoms with E-state index in [1.54, 1.807) is 0 Å². The molecule has 1 fully saturated rings. The van der Waals surface area contributed by atoms with Crippen LogP contribution in [-0.2, 0) is 14.3 Å². The fraction of sp³-hybridized carbons (Fsp3) is 0.875. The molecule has 4 heteroatoms. The predicted octanol–water partition coefficient (Wildman–Crippen LogP) is -0.0531. The van der Waals surface area contributed by atoms with Crippen molar-refractivity contribution >= 4 is 5.97 Å². The summed E-state index contributed by atoms with van der Waals surface area (Å²) in [6.07, 6.45) is 0.602. The van der Waals surface area contributed by atoms with Gasteiger partial charge < -0.3 is 14.6 Å². The fourth-order valence-electron chi connectivity index (χ4n) is 1.27. The molecule has 1 heterocycles. The van der Waals surface area contributed by atoms with Crippen molar-refractivity contribution in [1.29, 1.82) is 0 Å². The average molecular weight is 174 g/mol. The van der Waals surface area contributed by atoms with Crippen LogP contribution in [0, 0.1) is 5.92 Å². The molecule has 0 aromatic carbocycles. The van der Waals surface area contributed by atoms with Crippen molar-refractivity contribution in [3.63, 3.8) is 0 Å². The van der Waals surface area contributed by atoms with E-state index in [0.29, 0.717) is 26.1 Å². The van der Waals surface area contributed by atoms with Gasteiger partial charge in [-0.15, -0.1) is 0 Å².